The summed E-state index contributed by atoms with van der Waals surface area (Å²) in [5.74, 6) is -2.27. The van der Waals surface area contributed by atoms with Crippen molar-refractivity contribution in [1.82, 2.24) is 15.4 Å². The zero-order chi connectivity index (χ0) is 27.5. The van der Waals surface area contributed by atoms with E-state index in [4.69, 9.17) is 9.26 Å². The SMILES string of the molecule is CC(C)C[C@H](NP(=O)(O)OC1O[C@@H](C)[C@@H](O)[C@@H](O)[C@H]1O)C(=O)N[C@@H](Cc1c[nH]c2ccccc12)C(=O)O. The number of hydrogen-bond acceptors (Lipinski definition) is 8. The van der Waals surface area contributed by atoms with Gasteiger partial charge in [0.25, 0.3) is 0 Å². The Morgan fingerprint density at radius 1 is 1.14 bits per heavy atom. The Labute approximate surface area is 213 Å². The van der Waals surface area contributed by atoms with Crippen molar-refractivity contribution < 1.29 is 48.7 Å². The van der Waals surface area contributed by atoms with Crippen LogP contribution < -0.4 is 10.4 Å². The lowest BCUT2D eigenvalue weighted by Gasteiger charge is -2.39. The number of carboxylic acids is 1. The third-order valence-electron chi connectivity index (χ3n) is 6.11. The molecule has 206 valence electrons. The second-order valence-corrected chi connectivity index (χ2v) is 11.1. The minimum atomic E-state index is -4.83. The maximum absolute atomic E-state index is 13.1. The molecule has 1 aliphatic rings. The number of aromatic nitrogens is 1. The van der Waals surface area contributed by atoms with Gasteiger partial charge in [0.1, 0.15) is 24.4 Å². The molecule has 1 amide bonds. The number of benzene rings is 1. The molecule has 2 unspecified atom stereocenters. The molecule has 37 heavy (non-hydrogen) atoms. The van der Waals surface area contributed by atoms with E-state index in [2.05, 4.69) is 15.4 Å². The molecule has 1 aliphatic heterocycles. The van der Waals surface area contributed by atoms with Crippen molar-refractivity contribution in [2.24, 2.45) is 5.92 Å². The summed E-state index contributed by atoms with van der Waals surface area (Å²) in [5.41, 5.74) is 1.48. The number of fused-ring (bicyclic) bond motifs is 1. The average molecular weight is 544 g/mol. The molecule has 3 rings (SSSR count). The lowest BCUT2D eigenvalue weighted by Crippen LogP contribution is -2.57. The van der Waals surface area contributed by atoms with Crippen LogP contribution in [0.5, 0.6) is 0 Å². The van der Waals surface area contributed by atoms with Crippen LogP contribution >= 0.6 is 7.75 Å². The normalized spacial score (nSPS) is 27.5. The molecule has 2 heterocycles. The van der Waals surface area contributed by atoms with Gasteiger partial charge in [-0.15, -0.1) is 0 Å². The summed E-state index contributed by atoms with van der Waals surface area (Å²) in [5, 5.41) is 45.0. The quantitative estimate of drug-likeness (QED) is 0.180. The lowest BCUT2D eigenvalue weighted by atomic mass is 10.0. The van der Waals surface area contributed by atoms with Gasteiger partial charge in [0.15, 0.2) is 6.29 Å². The largest absolute Gasteiger partial charge is 0.480 e. The van der Waals surface area contributed by atoms with Crippen molar-refractivity contribution in [1.29, 1.82) is 0 Å². The number of nitrogens with one attached hydrogen (secondary N) is 3. The highest BCUT2D eigenvalue weighted by atomic mass is 31.2. The number of carboxylic acid groups (broad SMARTS) is 1. The molecule has 8 N–H and O–H groups in total. The molecular formula is C23H34N3O10P. The second kappa shape index (κ2) is 12.0. The topological polar surface area (TPSA) is 211 Å². The fourth-order valence-electron chi connectivity index (χ4n) is 4.15. The van der Waals surface area contributed by atoms with Gasteiger partial charge in [0.05, 0.1) is 12.1 Å². The first-order chi connectivity index (χ1) is 17.3. The third kappa shape index (κ3) is 7.37. The van der Waals surface area contributed by atoms with Gasteiger partial charge in [-0.2, -0.15) is 0 Å². The van der Waals surface area contributed by atoms with Gasteiger partial charge >= 0.3 is 13.7 Å². The molecule has 1 saturated heterocycles. The molecule has 14 heteroatoms. The van der Waals surface area contributed by atoms with E-state index in [1.54, 1.807) is 20.0 Å². The molecule has 1 fully saturated rings. The Kier molecular flexibility index (Phi) is 9.48. The van der Waals surface area contributed by atoms with Crippen LogP contribution in [0.15, 0.2) is 30.5 Å². The van der Waals surface area contributed by atoms with Crippen molar-refractivity contribution in [2.75, 3.05) is 0 Å². The number of hydrogen-bond donors (Lipinski definition) is 8. The summed E-state index contributed by atoms with van der Waals surface area (Å²) in [6.07, 6.45) is -6.08. The van der Waals surface area contributed by atoms with E-state index in [9.17, 15) is 39.5 Å². The Morgan fingerprint density at radius 3 is 2.46 bits per heavy atom. The fraction of sp³-hybridized carbons (Fsp3) is 0.565. The Balaban J connectivity index is 1.72. The van der Waals surface area contributed by atoms with E-state index in [-0.39, 0.29) is 18.8 Å². The number of rotatable bonds is 11. The molecule has 0 spiro atoms. The summed E-state index contributed by atoms with van der Waals surface area (Å²) < 4.78 is 23.0. The highest BCUT2D eigenvalue weighted by Gasteiger charge is 2.45. The van der Waals surface area contributed by atoms with E-state index < -0.39 is 62.4 Å². The predicted molar refractivity (Wildman–Crippen MR) is 131 cm³/mol. The van der Waals surface area contributed by atoms with Crippen molar-refractivity contribution in [3.63, 3.8) is 0 Å². The summed E-state index contributed by atoms with van der Waals surface area (Å²) in [6.45, 7) is 4.90. The van der Waals surface area contributed by atoms with E-state index in [0.717, 1.165) is 10.9 Å². The van der Waals surface area contributed by atoms with Gasteiger partial charge in [0, 0.05) is 23.5 Å². The number of aliphatic carboxylic acids is 1. The Hall–Kier alpha value is -2.35. The minimum absolute atomic E-state index is 0.0347. The van der Waals surface area contributed by atoms with Crippen LogP contribution in [-0.4, -0.2) is 85.0 Å². The summed E-state index contributed by atoms with van der Waals surface area (Å²) in [4.78, 5) is 38.5. The number of aromatic amines is 1. The standard InChI is InChI=1S/C23H34N3O10P/c1-11(2)8-16(26-37(33,34)36-23-20(29)19(28)18(27)12(3)35-23)21(30)25-17(22(31)32)9-13-10-24-15-7-5-4-6-14(13)15/h4-7,10-12,16-20,23-24,27-29H,8-9H2,1-3H3,(H,25,30)(H,31,32)(H2,26,33,34)/t12-,16-,17-,18+,19+,20+,23?/m0/s1. The van der Waals surface area contributed by atoms with Crippen molar-refractivity contribution >= 4 is 30.5 Å². The third-order valence-corrected chi connectivity index (χ3v) is 7.24. The number of aliphatic hydroxyl groups excluding tert-OH is 3. The first kappa shape index (κ1) is 29.2. The first-order valence-electron chi connectivity index (χ1n) is 11.9. The molecular weight excluding hydrogens is 509 g/mol. The van der Waals surface area contributed by atoms with Gasteiger partial charge < -0.3 is 40.4 Å². The number of amides is 1. The maximum Gasteiger partial charge on any atom is 0.406 e. The van der Waals surface area contributed by atoms with Crippen LogP contribution in [0.1, 0.15) is 32.8 Å². The molecule has 0 bridgehead atoms. The zero-order valence-electron chi connectivity index (χ0n) is 20.6. The molecule has 0 radical (unpaired) electrons. The Morgan fingerprint density at radius 2 is 1.81 bits per heavy atom. The van der Waals surface area contributed by atoms with Gasteiger partial charge in [-0.05, 0) is 30.9 Å². The molecule has 1 aromatic heterocycles. The van der Waals surface area contributed by atoms with Gasteiger partial charge in [-0.1, -0.05) is 32.0 Å². The zero-order valence-corrected chi connectivity index (χ0v) is 21.5. The van der Waals surface area contributed by atoms with Gasteiger partial charge in [0.2, 0.25) is 5.91 Å². The van der Waals surface area contributed by atoms with Crippen LogP contribution in [0.4, 0.5) is 0 Å². The molecule has 13 nitrogen and oxygen atoms in total. The number of para-hydroxylation sites is 1. The first-order valence-corrected chi connectivity index (χ1v) is 13.4. The lowest BCUT2D eigenvalue weighted by molar-refractivity contribution is -0.270. The molecule has 1 aromatic carbocycles. The molecule has 2 aromatic rings. The van der Waals surface area contributed by atoms with Crippen molar-refractivity contribution in [3.8, 4) is 0 Å². The van der Waals surface area contributed by atoms with E-state index in [1.165, 1.54) is 6.92 Å². The molecule has 0 aliphatic carbocycles. The summed E-state index contributed by atoms with van der Waals surface area (Å²) in [6, 6.07) is 4.63. The smallest absolute Gasteiger partial charge is 0.406 e. The average Bonchev–Trinajstić information content (AvgIpc) is 3.22. The number of carbonyl (C=O) groups excluding carboxylic acids is 1. The van der Waals surface area contributed by atoms with E-state index >= 15 is 0 Å². The summed E-state index contributed by atoms with van der Waals surface area (Å²) >= 11 is 0. The van der Waals surface area contributed by atoms with Gasteiger partial charge in [-0.3, -0.25) is 9.32 Å². The second-order valence-electron chi connectivity index (χ2n) is 9.58. The van der Waals surface area contributed by atoms with Crippen LogP contribution in [0.3, 0.4) is 0 Å². The maximum atomic E-state index is 13.1. The van der Waals surface area contributed by atoms with Gasteiger partial charge in [-0.25, -0.2) is 14.4 Å². The highest BCUT2D eigenvalue weighted by molar-refractivity contribution is 7.50. The van der Waals surface area contributed by atoms with Crippen LogP contribution in [0.2, 0.25) is 0 Å². The van der Waals surface area contributed by atoms with E-state index in [0.29, 0.717) is 5.56 Å². The van der Waals surface area contributed by atoms with Crippen molar-refractivity contribution in [3.05, 3.63) is 36.0 Å². The van der Waals surface area contributed by atoms with E-state index in [1.807, 2.05) is 24.3 Å². The number of ether oxygens (including phenoxy) is 1. The molecule has 8 atom stereocenters. The number of aliphatic hydroxyl groups is 3. The number of H-pyrrole nitrogens is 1. The number of carbonyl (C=O) groups is 2. The van der Waals surface area contributed by atoms with Crippen LogP contribution in [0.25, 0.3) is 10.9 Å². The van der Waals surface area contributed by atoms with Crippen LogP contribution in [-0.2, 0) is 29.8 Å². The van der Waals surface area contributed by atoms with Crippen molar-refractivity contribution in [2.45, 2.75) is 76.4 Å². The summed E-state index contributed by atoms with van der Waals surface area (Å²) in [7, 11) is -4.83. The predicted octanol–water partition coefficient (Wildman–Crippen LogP) is 0.229. The Bertz CT molecular complexity index is 1140. The minimum Gasteiger partial charge on any atom is -0.480 e. The highest BCUT2D eigenvalue weighted by Crippen LogP contribution is 2.42. The molecule has 0 saturated carbocycles. The fourth-order valence-corrected chi connectivity index (χ4v) is 5.28. The monoisotopic (exact) mass is 543 g/mol. The van der Waals surface area contributed by atoms with Crippen LogP contribution in [0, 0.1) is 5.92 Å².